The molecule has 6 heteroatoms. The van der Waals surface area contributed by atoms with Crippen LogP contribution in [0.2, 0.25) is 0 Å². The molecule has 0 fully saturated rings. The van der Waals surface area contributed by atoms with Crippen molar-refractivity contribution in [3.8, 4) is 11.4 Å². The molecule has 0 amide bonds. The van der Waals surface area contributed by atoms with E-state index in [4.69, 9.17) is 5.73 Å². The molecular formula is C10H14N6. The van der Waals surface area contributed by atoms with Crippen molar-refractivity contribution in [2.75, 3.05) is 6.54 Å². The monoisotopic (exact) mass is 218 g/mol. The van der Waals surface area contributed by atoms with Crippen LogP contribution in [0.4, 0.5) is 0 Å². The fourth-order valence-corrected chi connectivity index (χ4v) is 1.47. The number of nitrogens with one attached hydrogen (secondary N) is 1. The topological polar surface area (TPSA) is 93.4 Å². The van der Waals surface area contributed by atoms with E-state index in [1.165, 1.54) is 0 Å². The second-order valence-electron chi connectivity index (χ2n) is 3.59. The third-order valence-corrected chi connectivity index (χ3v) is 2.23. The maximum atomic E-state index is 5.48. The van der Waals surface area contributed by atoms with Gasteiger partial charge in [-0.15, -0.1) is 10.2 Å². The number of H-pyrrole nitrogens is 1. The highest BCUT2D eigenvalue weighted by atomic mass is 15.2. The Labute approximate surface area is 93.3 Å². The third-order valence-electron chi connectivity index (χ3n) is 2.23. The van der Waals surface area contributed by atoms with Gasteiger partial charge in [0.1, 0.15) is 23.0 Å². The zero-order valence-electron chi connectivity index (χ0n) is 9.36. The first-order chi connectivity index (χ1) is 7.70. The SMILES string of the molecule is Cc1ncc(-c2nc(CCN)[nH]c2C)nn1. The highest BCUT2D eigenvalue weighted by Gasteiger charge is 2.10. The lowest BCUT2D eigenvalue weighted by molar-refractivity contribution is 0.887. The smallest absolute Gasteiger partial charge is 0.147 e. The van der Waals surface area contributed by atoms with Gasteiger partial charge in [0.2, 0.25) is 0 Å². The number of hydrogen-bond donors (Lipinski definition) is 2. The number of rotatable bonds is 3. The maximum Gasteiger partial charge on any atom is 0.147 e. The van der Waals surface area contributed by atoms with Crippen LogP contribution in [0.5, 0.6) is 0 Å². The Balaban J connectivity index is 2.36. The van der Waals surface area contributed by atoms with Gasteiger partial charge in [0.25, 0.3) is 0 Å². The first kappa shape index (κ1) is 10.7. The minimum absolute atomic E-state index is 0.574. The van der Waals surface area contributed by atoms with Gasteiger partial charge >= 0.3 is 0 Å². The predicted octanol–water partition coefficient (Wildman–Crippen LogP) is 0.380. The van der Waals surface area contributed by atoms with Crippen LogP contribution in [-0.2, 0) is 6.42 Å². The Morgan fingerprint density at radius 1 is 1.31 bits per heavy atom. The average Bonchev–Trinajstić information content (AvgIpc) is 2.61. The summed E-state index contributed by atoms with van der Waals surface area (Å²) >= 11 is 0. The van der Waals surface area contributed by atoms with Crippen LogP contribution in [0.15, 0.2) is 6.20 Å². The molecule has 0 radical (unpaired) electrons. The molecule has 2 rings (SSSR count). The van der Waals surface area contributed by atoms with Gasteiger partial charge in [0, 0.05) is 12.1 Å². The molecule has 0 unspecified atom stereocenters. The number of aryl methyl sites for hydroxylation is 2. The van der Waals surface area contributed by atoms with Crippen molar-refractivity contribution < 1.29 is 0 Å². The lowest BCUT2D eigenvalue weighted by atomic mass is 10.3. The van der Waals surface area contributed by atoms with E-state index in [2.05, 4.69) is 25.1 Å². The Morgan fingerprint density at radius 2 is 2.12 bits per heavy atom. The molecule has 2 aromatic rings. The fraction of sp³-hybridized carbons (Fsp3) is 0.400. The number of nitrogens with zero attached hydrogens (tertiary/aromatic N) is 4. The molecule has 0 saturated heterocycles. The van der Waals surface area contributed by atoms with Gasteiger partial charge < -0.3 is 10.7 Å². The fourth-order valence-electron chi connectivity index (χ4n) is 1.47. The molecular weight excluding hydrogens is 204 g/mol. The van der Waals surface area contributed by atoms with Gasteiger partial charge in [-0.05, 0) is 20.4 Å². The summed E-state index contributed by atoms with van der Waals surface area (Å²) in [5, 5.41) is 7.97. The molecule has 0 aliphatic heterocycles. The van der Waals surface area contributed by atoms with Crippen molar-refractivity contribution >= 4 is 0 Å². The summed E-state index contributed by atoms with van der Waals surface area (Å²) in [5.41, 5.74) is 7.92. The van der Waals surface area contributed by atoms with Crippen LogP contribution in [-0.4, -0.2) is 31.7 Å². The summed E-state index contributed by atoms with van der Waals surface area (Å²) in [6.07, 6.45) is 2.41. The molecule has 3 N–H and O–H groups in total. The number of imidazole rings is 1. The van der Waals surface area contributed by atoms with Gasteiger partial charge in [0.15, 0.2) is 0 Å². The van der Waals surface area contributed by atoms with Crippen molar-refractivity contribution in [3.63, 3.8) is 0 Å². The highest BCUT2D eigenvalue weighted by Crippen LogP contribution is 2.17. The second kappa shape index (κ2) is 4.36. The van der Waals surface area contributed by atoms with Crippen LogP contribution in [0.25, 0.3) is 11.4 Å². The minimum atomic E-state index is 0.574. The molecule has 0 spiro atoms. The minimum Gasteiger partial charge on any atom is -0.345 e. The van der Waals surface area contributed by atoms with E-state index in [-0.39, 0.29) is 0 Å². The molecule has 0 atom stereocenters. The van der Waals surface area contributed by atoms with Crippen molar-refractivity contribution in [3.05, 3.63) is 23.5 Å². The zero-order chi connectivity index (χ0) is 11.5. The summed E-state index contributed by atoms with van der Waals surface area (Å²) in [6, 6.07) is 0. The van der Waals surface area contributed by atoms with E-state index in [1.807, 2.05) is 6.92 Å². The third kappa shape index (κ3) is 2.06. The first-order valence-corrected chi connectivity index (χ1v) is 5.13. The van der Waals surface area contributed by atoms with Gasteiger partial charge in [0.05, 0.1) is 6.20 Å². The summed E-state index contributed by atoms with van der Waals surface area (Å²) in [6.45, 7) is 4.32. The Bertz CT molecular complexity index is 473. The van der Waals surface area contributed by atoms with Gasteiger partial charge in [-0.25, -0.2) is 9.97 Å². The summed E-state index contributed by atoms with van der Waals surface area (Å²) < 4.78 is 0. The number of aromatic amines is 1. The largest absolute Gasteiger partial charge is 0.345 e. The van der Waals surface area contributed by atoms with Crippen LogP contribution < -0.4 is 5.73 Å². The normalized spacial score (nSPS) is 10.7. The zero-order valence-corrected chi connectivity index (χ0v) is 9.36. The van der Waals surface area contributed by atoms with E-state index < -0.39 is 0 Å². The number of aromatic nitrogens is 5. The van der Waals surface area contributed by atoms with Crippen molar-refractivity contribution in [1.82, 2.24) is 25.1 Å². The lowest BCUT2D eigenvalue weighted by Crippen LogP contribution is -2.04. The molecule has 6 nitrogen and oxygen atoms in total. The quantitative estimate of drug-likeness (QED) is 0.776. The van der Waals surface area contributed by atoms with Crippen molar-refractivity contribution in [1.29, 1.82) is 0 Å². The Morgan fingerprint density at radius 3 is 2.75 bits per heavy atom. The van der Waals surface area contributed by atoms with E-state index in [0.717, 1.165) is 23.6 Å². The van der Waals surface area contributed by atoms with Crippen molar-refractivity contribution in [2.24, 2.45) is 5.73 Å². The van der Waals surface area contributed by atoms with Crippen LogP contribution in [0.3, 0.4) is 0 Å². The molecule has 0 aromatic carbocycles. The maximum absolute atomic E-state index is 5.48. The molecule has 84 valence electrons. The molecule has 0 aliphatic carbocycles. The van der Waals surface area contributed by atoms with Crippen LogP contribution in [0.1, 0.15) is 17.3 Å². The second-order valence-corrected chi connectivity index (χ2v) is 3.59. The van der Waals surface area contributed by atoms with Crippen molar-refractivity contribution in [2.45, 2.75) is 20.3 Å². The molecule has 0 saturated carbocycles. The molecule has 2 heterocycles. The Kier molecular flexibility index (Phi) is 2.91. The first-order valence-electron chi connectivity index (χ1n) is 5.13. The molecule has 0 bridgehead atoms. The van der Waals surface area contributed by atoms with E-state index in [1.54, 1.807) is 13.1 Å². The van der Waals surface area contributed by atoms with Gasteiger partial charge in [-0.1, -0.05) is 0 Å². The standard InChI is InChI=1S/C10H14N6/c1-6-10(14-9(13-6)3-4-11)8-5-12-7(2)15-16-8/h5H,3-4,11H2,1-2H3,(H,13,14). The molecule has 0 aliphatic rings. The molecule has 16 heavy (non-hydrogen) atoms. The van der Waals surface area contributed by atoms with E-state index in [0.29, 0.717) is 18.1 Å². The van der Waals surface area contributed by atoms with Crippen LogP contribution in [0, 0.1) is 13.8 Å². The highest BCUT2D eigenvalue weighted by molar-refractivity contribution is 5.55. The Hall–Kier alpha value is -1.82. The number of nitrogens with two attached hydrogens (primary N) is 1. The average molecular weight is 218 g/mol. The summed E-state index contributed by atoms with van der Waals surface area (Å²) in [7, 11) is 0. The van der Waals surface area contributed by atoms with E-state index >= 15 is 0 Å². The molecule has 2 aromatic heterocycles. The lowest BCUT2D eigenvalue weighted by Gasteiger charge is -1.95. The van der Waals surface area contributed by atoms with Gasteiger partial charge in [-0.3, -0.25) is 0 Å². The predicted molar refractivity (Wildman–Crippen MR) is 59.6 cm³/mol. The number of hydrogen-bond acceptors (Lipinski definition) is 5. The summed E-state index contributed by atoms with van der Waals surface area (Å²) in [5.74, 6) is 1.52. The van der Waals surface area contributed by atoms with Crippen LogP contribution >= 0.6 is 0 Å². The summed E-state index contributed by atoms with van der Waals surface area (Å²) in [4.78, 5) is 11.7. The van der Waals surface area contributed by atoms with Gasteiger partial charge in [-0.2, -0.15) is 0 Å². The van der Waals surface area contributed by atoms with E-state index in [9.17, 15) is 0 Å².